The predicted octanol–water partition coefficient (Wildman–Crippen LogP) is 3.87. The van der Waals surface area contributed by atoms with Crippen molar-refractivity contribution >= 4 is 17.3 Å². The zero-order valence-corrected chi connectivity index (χ0v) is 15.4. The largest absolute Gasteiger partial charge is 0.484 e. The molecule has 3 rings (SSSR count). The van der Waals surface area contributed by atoms with Gasteiger partial charge >= 0.3 is 6.18 Å². The molecule has 0 saturated carbocycles. The van der Waals surface area contributed by atoms with E-state index >= 15 is 0 Å². The molecule has 28 heavy (non-hydrogen) atoms. The quantitative estimate of drug-likeness (QED) is 0.837. The number of rotatable bonds is 5. The van der Waals surface area contributed by atoms with Crippen LogP contribution in [0, 0.1) is 6.92 Å². The molecule has 1 N–H and O–H groups in total. The number of carbonyl (C=O) groups excluding carboxylic acids is 1. The average Bonchev–Trinajstić information content (AvgIpc) is 2.66. The zero-order chi connectivity index (χ0) is 20.1. The smallest absolute Gasteiger partial charge is 0.416 e. The van der Waals surface area contributed by atoms with Crippen molar-refractivity contribution in [2.75, 3.05) is 43.1 Å². The Morgan fingerprint density at radius 2 is 1.93 bits per heavy atom. The summed E-state index contributed by atoms with van der Waals surface area (Å²) in [6.07, 6.45) is -4.50. The Labute approximate surface area is 161 Å². The Morgan fingerprint density at radius 3 is 2.61 bits per heavy atom. The van der Waals surface area contributed by atoms with E-state index in [9.17, 15) is 18.0 Å². The highest BCUT2D eigenvalue weighted by atomic mass is 19.4. The SMILES string of the molecule is Cc1cccc(OCC(=O)Nc2cc(C(F)(F)F)ccc2N2CCOCC2)c1. The molecule has 2 aromatic carbocycles. The summed E-state index contributed by atoms with van der Waals surface area (Å²) in [5, 5.41) is 2.56. The molecule has 0 bridgehead atoms. The second-order valence-electron chi connectivity index (χ2n) is 6.48. The molecule has 0 aromatic heterocycles. The molecule has 0 spiro atoms. The van der Waals surface area contributed by atoms with Crippen LogP contribution in [-0.4, -0.2) is 38.8 Å². The normalized spacial score (nSPS) is 14.6. The molecule has 0 aliphatic carbocycles. The number of ether oxygens (including phenoxy) is 2. The number of alkyl halides is 3. The maximum Gasteiger partial charge on any atom is 0.416 e. The first-order chi connectivity index (χ1) is 13.3. The van der Waals surface area contributed by atoms with Gasteiger partial charge in [-0.3, -0.25) is 4.79 Å². The fraction of sp³-hybridized carbons (Fsp3) is 0.350. The van der Waals surface area contributed by atoms with Crippen LogP contribution in [0.15, 0.2) is 42.5 Å². The van der Waals surface area contributed by atoms with Crippen LogP contribution in [0.1, 0.15) is 11.1 Å². The number of aryl methyl sites for hydroxylation is 1. The first-order valence-corrected chi connectivity index (χ1v) is 8.86. The van der Waals surface area contributed by atoms with E-state index in [1.165, 1.54) is 6.07 Å². The van der Waals surface area contributed by atoms with E-state index in [2.05, 4.69) is 5.32 Å². The lowest BCUT2D eigenvalue weighted by atomic mass is 10.1. The Kier molecular flexibility index (Phi) is 6.08. The standard InChI is InChI=1S/C20H21F3N2O3/c1-14-3-2-4-16(11-14)28-13-19(26)24-17-12-15(20(21,22)23)5-6-18(17)25-7-9-27-10-8-25/h2-6,11-12H,7-10,13H2,1H3,(H,24,26). The van der Waals surface area contributed by atoms with E-state index < -0.39 is 17.6 Å². The first kappa shape index (κ1) is 20.0. The van der Waals surface area contributed by atoms with Crippen molar-refractivity contribution in [2.45, 2.75) is 13.1 Å². The number of morpholine rings is 1. The van der Waals surface area contributed by atoms with Gasteiger partial charge in [0.2, 0.25) is 0 Å². The van der Waals surface area contributed by atoms with Crippen molar-refractivity contribution in [1.29, 1.82) is 0 Å². The lowest BCUT2D eigenvalue weighted by Gasteiger charge is -2.31. The van der Waals surface area contributed by atoms with Crippen LogP contribution < -0.4 is 15.0 Å². The molecular weight excluding hydrogens is 373 g/mol. The number of carbonyl (C=O) groups is 1. The van der Waals surface area contributed by atoms with E-state index in [0.29, 0.717) is 37.7 Å². The number of hydrogen-bond donors (Lipinski definition) is 1. The molecule has 150 valence electrons. The van der Waals surface area contributed by atoms with Crippen molar-refractivity contribution in [2.24, 2.45) is 0 Å². The number of nitrogens with zero attached hydrogens (tertiary/aromatic N) is 1. The van der Waals surface area contributed by atoms with E-state index in [1.54, 1.807) is 18.2 Å². The average molecular weight is 394 g/mol. The number of hydrogen-bond acceptors (Lipinski definition) is 4. The fourth-order valence-electron chi connectivity index (χ4n) is 2.93. The van der Waals surface area contributed by atoms with Crippen LogP contribution in [0.25, 0.3) is 0 Å². The van der Waals surface area contributed by atoms with Crippen molar-refractivity contribution in [1.82, 2.24) is 0 Å². The molecule has 1 aliphatic heterocycles. The van der Waals surface area contributed by atoms with Gasteiger partial charge in [0.25, 0.3) is 5.91 Å². The number of amides is 1. The van der Waals surface area contributed by atoms with Gasteiger partial charge < -0.3 is 19.7 Å². The van der Waals surface area contributed by atoms with Crippen LogP contribution >= 0.6 is 0 Å². The van der Waals surface area contributed by atoms with Gasteiger partial charge in [-0.1, -0.05) is 12.1 Å². The van der Waals surface area contributed by atoms with E-state index in [0.717, 1.165) is 17.7 Å². The molecule has 1 heterocycles. The molecule has 1 amide bonds. The van der Waals surface area contributed by atoms with Crippen LogP contribution in [0.2, 0.25) is 0 Å². The number of nitrogens with one attached hydrogen (secondary N) is 1. The highest BCUT2D eigenvalue weighted by Crippen LogP contribution is 2.35. The van der Waals surface area contributed by atoms with Crippen LogP contribution in [-0.2, 0) is 15.7 Å². The molecule has 0 radical (unpaired) electrons. The lowest BCUT2D eigenvalue weighted by Crippen LogP contribution is -2.37. The van der Waals surface area contributed by atoms with E-state index in [-0.39, 0.29) is 12.3 Å². The summed E-state index contributed by atoms with van der Waals surface area (Å²) in [4.78, 5) is 14.2. The summed E-state index contributed by atoms with van der Waals surface area (Å²) >= 11 is 0. The van der Waals surface area contributed by atoms with Crippen molar-refractivity contribution in [3.05, 3.63) is 53.6 Å². The van der Waals surface area contributed by atoms with Crippen LogP contribution in [0.4, 0.5) is 24.5 Å². The van der Waals surface area contributed by atoms with Gasteiger partial charge in [-0.2, -0.15) is 13.2 Å². The Hall–Kier alpha value is -2.74. The van der Waals surface area contributed by atoms with Crippen LogP contribution in [0.3, 0.4) is 0 Å². The molecule has 0 unspecified atom stereocenters. The van der Waals surface area contributed by atoms with E-state index in [1.807, 2.05) is 17.9 Å². The number of halogens is 3. The minimum absolute atomic E-state index is 0.106. The highest BCUT2D eigenvalue weighted by Gasteiger charge is 2.32. The minimum atomic E-state index is -4.50. The van der Waals surface area contributed by atoms with E-state index in [4.69, 9.17) is 9.47 Å². The van der Waals surface area contributed by atoms with Gasteiger partial charge in [0.1, 0.15) is 5.75 Å². The molecule has 5 nitrogen and oxygen atoms in total. The van der Waals surface area contributed by atoms with Gasteiger partial charge in [0.05, 0.1) is 30.2 Å². The molecule has 8 heteroatoms. The van der Waals surface area contributed by atoms with Crippen LogP contribution in [0.5, 0.6) is 5.75 Å². The van der Waals surface area contributed by atoms with Gasteiger partial charge in [-0.15, -0.1) is 0 Å². The Balaban J connectivity index is 1.76. The maximum absolute atomic E-state index is 13.1. The third kappa shape index (κ3) is 5.16. The molecule has 1 aliphatic rings. The Morgan fingerprint density at radius 1 is 1.18 bits per heavy atom. The van der Waals surface area contributed by atoms with Gasteiger partial charge in [0.15, 0.2) is 6.61 Å². The molecule has 0 atom stereocenters. The Bertz CT molecular complexity index is 834. The summed E-state index contributed by atoms with van der Waals surface area (Å²) in [7, 11) is 0. The number of benzene rings is 2. The molecular formula is C20H21F3N2O3. The topological polar surface area (TPSA) is 50.8 Å². The van der Waals surface area contributed by atoms with Crippen molar-refractivity contribution < 1.29 is 27.4 Å². The van der Waals surface area contributed by atoms with Gasteiger partial charge in [-0.05, 0) is 42.8 Å². The highest BCUT2D eigenvalue weighted by molar-refractivity contribution is 5.95. The minimum Gasteiger partial charge on any atom is -0.484 e. The summed E-state index contributed by atoms with van der Waals surface area (Å²) in [5.74, 6) is -0.0112. The number of anilines is 2. The van der Waals surface area contributed by atoms with Crippen molar-refractivity contribution in [3.8, 4) is 5.75 Å². The summed E-state index contributed by atoms with van der Waals surface area (Å²) in [6.45, 7) is 3.62. The second-order valence-corrected chi connectivity index (χ2v) is 6.48. The summed E-state index contributed by atoms with van der Waals surface area (Å²) in [5.41, 5.74) is 0.791. The molecule has 1 fully saturated rings. The third-order valence-electron chi connectivity index (χ3n) is 4.31. The second kappa shape index (κ2) is 8.52. The molecule has 2 aromatic rings. The summed E-state index contributed by atoms with van der Waals surface area (Å²) in [6, 6.07) is 10.5. The molecule has 1 saturated heterocycles. The van der Waals surface area contributed by atoms with Gasteiger partial charge in [0, 0.05) is 13.1 Å². The fourth-order valence-corrected chi connectivity index (χ4v) is 2.93. The lowest BCUT2D eigenvalue weighted by molar-refractivity contribution is -0.137. The maximum atomic E-state index is 13.1. The van der Waals surface area contributed by atoms with Gasteiger partial charge in [-0.25, -0.2) is 0 Å². The predicted molar refractivity (Wildman–Crippen MR) is 99.8 cm³/mol. The summed E-state index contributed by atoms with van der Waals surface area (Å²) < 4.78 is 50.1. The first-order valence-electron chi connectivity index (χ1n) is 8.86. The van der Waals surface area contributed by atoms with Crippen molar-refractivity contribution in [3.63, 3.8) is 0 Å². The monoisotopic (exact) mass is 394 g/mol. The third-order valence-corrected chi connectivity index (χ3v) is 4.31. The zero-order valence-electron chi connectivity index (χ0n) is 15.4.